The first-order chi connectivity index (χ1) is 16.6. The second-order valence-corrected chi connectivity index (χ2v) is 9.14. The van der Waals surface area contributed by atoms with Crippen molar-refractivity contribution in [1.29, 1.82) is 0 Å². The molecule has 0 bridgehead atoms. The maximum Gasteiger partial charge on any atom is 0.404 e. The van der Waals surface area contributed by atoms with Gasteiger partial charge in [-0.05, 0) is 66.6 Å². The highest BCUT2D eigenvalue weighted by Crippen LogP contribution is 2.22. The summed E-state index contributed by atoms with van der Waals surface area (Å²) in [6.07, 6.45) is 0.373. The molecular weight excluding hydrogens is 474 g/mol. The highest BCUT2D eigenvalue weighted by atomic mass is 32.2. The number of hydrogen-bond acceptors (Lipinski definition) is 6. The summed E-state index contributed by atoms with van der Waals surface area (Å²) in [5.74, 6) is -1.15. The number of rotatable bonds is 8. The van der Waals surface area contributed by atoms with E-state index in [1.807, 2.05) is 4.83 Å². The maximum absolute atomic E-state index is 12.7. The predicted octanol–water partition coefficient (Wildman–Crippen LogP) is 1.81. The standard InChI is InChI=1S/C23H23N5O6S/c1-14-8-17(20-10-15(6-7-25-20)13-26-23(31)32)11-18(9-14)22(30)27-28-35(33,34)19-5-3-4-16(12-19)21(29)24-2/h3-12,26,28H,13H2,1-2H3,(H,24,29)(H,27,30)(H,31,32). The number of aryl methyl sites for hydroxylation is 1. The number of amides is 3. The van der Waals surface area contributed by atoms with E-state index in [1.54, 1.807) is 37.3 Å². The summed E-state index contributed by atoms with van der Waals surface area (Å²) in [5.41, 5.74) is 5.02. The number of benzene rings is 2. The summed E-state index contributed by atoms with van der Waals surface area (Å²) in [7, 11) is -2.72. The Morgan fingerprint density at radius 2 is 1.74 bits per heavy atom. The van der Waals surface area contributed by atoms with Crippen molar-refractivity contribution in [2.45, 2.75) is 18.4 Å². The summed E-state index contributed by atoms with van der Waals surface area (Å²) in [4.78, 5) is 41.4. The molecule has 0 unspecified atom stereocenters. The van der Waals surface area contributed by atoms with Gasteiger partial charge in [0.15, 0.2) is 0 Å². The third kappa shape index (κ3) is 6.62. The molecule has 35 heavy (non-hydrogen) atoms. The SMILES string of the molecule is CNC(=O)c1cccc(S(=O)(=O)NNC(=O)c2cc(C)cc(-c3cc(CNC(=O)O)ccn3)c2)c1. The lowest BCUT2D eigenvalue weighted by atomic mass is 10.0. The van der Waals surface area contributed by atoms with Gasteiger partial charge in [0.05, 0.1) is 10.6 Å². The Morgan fingerprint density at radius 1 is 0.971 bits per heavy atom. The molecule has 182 valence electrons. The molecule has 0 fully saturated rings. The highest BCUT2D eigenvalue weighted by Gasteiger charge is 2.18. The average Bonchev–Trinajstić information content (AvgIpc) is 2.85. The molecule has 11 nitrogen and oxygen atoms in total. The number of sulfonamides is 1. The van der Waals surface area contributed by atoms with Gasteiger partial charge in [-0.25, -0.2) is 13.2 Å². The van der Waals surface area contributed by atoms with Crippen molar-refractivity contribution >= 4 is 27.9 Å². The van der Waals surface area contributed by atoms with Crippen LogP contribution in [0.1, 0.15) is 31.8 Å². The van der Waals surface area contributed by atoms with Crippen LogP contribution in [0.2, 0.25) is 0 Å². The molecule has 1 heterocycles. The summed E-state index contributed by atoms with van der Waals surface area (Å²) in [5, 5.41) is 13.5. The van der Waals surface area contributed by atoms with Gasteiger partial charge in [-0.2, -0.15) is 0 Å². The fourth-order valence-corrected chi connectivity index (χ4v) is 4.06. The largest absolute Gasteiger partial charge is 0.465 e. The first kappa shape index (κ1) is 25.3. The lowest BCUT2D eigenvalue weighted by Gasteiger charge is -2.11. The molecule has 0 atom stereocenters. The Morgan fingerprint density at radius 3 is 2.46 bits per heavy atom. The minimum absolute atomic E-state index is 0.0902. The smallest absolute Gasteiger partial charge is 0.404 e. The molecular formula is C23H23N5O6S. The number of carbonyl (C=O) groups excluding carboxylic acids is 2. The molecule has 12 heteroatoms. The molecule has 5 N–H and O–H groups in total. The fourth-order valence-electron chi connectivity index (χ4n) is 3.18. The van der Waals surface area contributed by atoms with Crippen molar-refractivity contribution in [2.75, 3.05) is 7.05 Å². The van der Waals surface area contributed by atoms with Crippen LogP contribution in [0.4, 0.5) is 4.79 Å². The topological polar surface area (TPSA) is 167 Å². The first-order valence-corrected chi connectivity index (χ1v) is 11.8. The molecule has 0 spiro atoms. The van der Waals surface area contributed by atoms with Crippen LogP contribution in [-0.2, 0) is 16.6 Å². The van der Waals surface area contributed by atoms with E-state index in [1.165, 1.54) is 37.5 Å². The number of hydrazine groups is 1. The van der Waals surface area contributed by atoms with Crippen molar-refractivity contribution in [2.24, 2.45) is 0 Å². The van der Waals surface area contributed by atoms with Crippen molar-refractivity contribution in [1.82, 2.24) is 25.9 Å². The zero-order valence-corrected chi connectivity index (χ0v) is 19.6. The quantitative estimate of drug-likeness (QED) is 0.296. The van der Waals surface area contributed by atoms with E-state index in [2.05, 4.69) is 21.0 Å². The van der Waals surface area contributed by atoms with Crippen LogP contribution in [0.5, 0.6) is 0 Å². The second kappa shape index (κ2) is 10.8. The second-order valence-electron chi connectivity index (χ2n) is 7.46. The van der Waals surface area contributed by atoms with Crippen LogP contribution in [0.3, 0.4) is 0 Å². The highest BCUT2D eigenvalue weighted by molar-refractivity contribution is 7.89. The molecule has 3 aromatic rings. The van der Waals surface area contributed by atoms with Crippen LogP contribution < -0.4 is 20.9 Å². The van der Waals surface area contributed by atoms with Crippen LogP contribution in [0.15, 0.2) is 65.7 Å². The molecule has 0 saturated carbocycles. The van der Waals surface area contributed by atoms with E-state index in [9.17, 15) is 22.8 Å². The molecule has 3 rings (SSSR count). The predicted molar refractivity (Wildman–Crippen MR) is 127 cm³/mol. The zero-order chi connectivity index (χ0) is 25.6. The number of carbonyl (C=O) groups is 3. The third-order valence-electron chi connectivity index (χ3n) is 4.84. The Hall–Kier alpha value is -4.29. The summed E-state index contributed by atoms with van der Waals surface area (Å²) >= 11 is 0. The van der Waals surface area contributed by atoms with Gasteiger partial charge in [0.1, 0.15) is 0 Å². The van der Waals surface area contributed by atoms with Crippen molar-refractivity contribution in [3.05, 3.63) is 83.0 Å². The van der Waals surface area contributed by atoms with Crippen molar-refractivity contribution < 1.29 is 27.9 Å². The molecule has 3 amide bonds. The molecule has 2 aromatic carbocycles. The number of aromatic nitrogens is 1. The minimum Gasteiger partial charge on any atom is -0.465 e. The van der Waals surface area contributed by atoms with E-state index in [-0.39, 0.29) is 22.6 Å². The normalized spacial score (nSPS) is 10.9. The third-order valence-corrected chi connectivity index (χ3v) is 6.08. The van der Waals surface area contributed by atoms with Gasteiger partial charge in [0.2, 0.25) is 0 Å². The summed E-state index contributed by atoms with van der Waals surface area (Å²) in [6, 6.07) is 13.6. The van der Waals surface area contributed by atoms with E-state index >= 15 is 0 Å². The minimum atomic E-state index is -4.15. The van der Waals surface area contributed by atoms with Gasteiger partial charge in [-0.3, -0.25) is 20.0 Å². The Labute approximate surface area is 201 Å². The van der Waals surface area contributed by atoms with Crippen molar-refractivity contribution in [3.8, 4) is 11.3 Å². The number of pyridine rings is 1. The Bertz CT molecular complexity index is 1390. The molecule has 1 aromatic heterocycles. The number of carboxylic acid groups (broad SMARTS) is 1. The van der Waals surface area contributed by atoms with Crippen LogP contribution in [0.25, 0.3) is 11.3 Å². The van der Waals surface area contributed by atoms with Crippen molar-refractivity contribution in [3.63, 3.8) is 0 Å². The van der Waals surface area contributed by atoms with E-state index in [0.29, 0.717) is 16.8 Å². The Balaban J connectivity index is 1.78. The lowest BCUT2D eigenvalue weighted by molar-refractivity contribution is 0.0941. The van der Waals surface area contributed by atoms with Gasteiger partial charge >= 0.3 is 6.09 Å². The average molecular weight is 498 g/mol. The molecule has 0 aliphatic heterocycles. The lowest BCUT2D eigenvalue weighted by Crippen LogP contribution is -2.41. The van der Waals surface area contributed by atoms with E-state index in [4.69, 9.17) is 5.11 Å². The number of nitrogens with one attached hydrogen (secondary N) is 4. The van der Waals surface area contributed by atoms with Gasteiger partial charge in [-0.1, -0.05) is 6.07 Å². The fraction of sp³-hybridized carbons (Fsp3) is 0.130. The molecule has 0 aliphatic carbocycles. The maximum atomic E-state index is 12.7. The van der Waals surface area contributed by atoms with Crippen LogP contribution in [0, 0.1) is 6.92 Å². The monoisotopic (exact) mass is 497 g/mol. The van der Waals surface area contributed by atoms with E-state index < -0.39 is 27.9 Å². The molecule has 0 radical (unpaired) electrons. The number of nitrogens with zero attached hydrogens (tertiary/aromatic N) is 1. The van der Waals surface area contributed by atoms with E-state index in [0.717, 1.165) is 5.56 Å². The molecule has 0 aliphatic rings. The summed E-state index contributed by atoms with van der Waals surface area (Å²) < 4.78 is 25.2. The number of hydrogen-bond donors (Lipinski definition) is 5. The van der Waals surface area contributed by atoms with Gasteiger partial charge in [-0.15, -0.1) is 4.83 Å². The van der Waals surface area contributed by atoms with Crippen LogP contribution >= 0.6 is 0 Å². The van der Waals surface area contributed by atoms with Crippen LogP contribution in [-0.4, -0.2) is 43.5 Å². The van der Waals surface area contributed by atoms with Gasteiger partial charge < -0.3 is 15.7 Å². The Kier molecular flexibility index (Phi) is 7.79. The molecule has 0 saturated heterocycles. The summed E-state index contributed by atoms with van der Waals surface area (Å²) in [6.45, 7) is 1.86. The van der Waals surface area contributed by atoms with Gasteiger partial charge in [0, 0.05) is 36.5 Å². The van der Waals surface area contributed by atoms with Gasteiger partial charge in [0.25, 0.3) is 21.8 Å². The first-order valence-electron chi connectivity index (χ1n) is 10.3. The zero-order valence-electron chi connectivity index (χ0n) is 18.8.